The van der Waals surface area contributed by atoms with Crippen molar-refractivity contribution in [2.45, 2.75) is 13.3 Å². The van der Waals surface area contributed by atoms with E-state index in [4.69, 9.17) is 10.4 Å². The van der Waals surface area contributed by atoms with Crippen molar-refractivity contribution in [3.05, 3.63) is 0 Å². The Morgan fingerprint density at radius 2 is 2.40 bits per heavy atom. The number of aliphatic carboxylic acids is 1. The van der Waals surface area contributed by atoms with E-state index in [1.165, 1.54) is 0 Å². The molecular formula is C6H8ClNO2. The van der Waals surface area contributed by atoms with E-state index in [0.717, 1.165) is 0 Å². The van der Waals surface area contributed by atoms with E-state index in [1.807, 2.05) is 6.07 Å². The summed E-state index contributed by atoms with van der Waals surface area (Å²) in [5.41, 5.74) is -0.727. The number of halogens is 1. The Morgan fingerprint density at radius 3 is 2.50 bits per heavy atom. The second-order valence-electron chi connectivity index (χ2n) is 2.61. The molecule has 0 aromatic carbocycles. The molecule has 0 heterocycles. The van der Waals surface area contributed by atoms with Crippen molar-refractivity contribution < 1.29 is 9.90 Å². The van der Waals surface area contributed by atoms with Gasteiger partial charge < -0.3 is 5.11 Å². The zero-order valence-corrected chi connectivity index (χ0v) is 6.31. The molecule has 0 bridgehead atoms. The van der Waals surface area contributed by atoms with Crippen molar-refractivity contribution in [2.75, 3.05) is 0 Å². The van der Waals surface area contributed by atoms with Gasteiger partial charge in [0.1, 0.15) is 0 Å². The van der Waals surface area contributed by atoms with Crippen molar-refractivity contribution in [1.29, 1.82) is 5.26 Å². The van der Waals surface area contributed by atoms with Crippen LogP contribution in [0.2, 0.25) is 0 Å². The second kappa shape index (κ2) is 2.47. The largest absolute Gasteiger partial charge is 0.481 e. The third-order valence-corrected chi connectivity index (χ3v) is 1.88. The van der Waals surface area contributed by atoms with E-state index in [1.54, 1.807) is 6.92 Å². The Hall–Kier alpha value is -0.750. The average molecular weight is 162 g/mol. The molecule has 0 saturated heterocycles. The first kappa shape index (κ1) is 9.25. The molecule has 0 radical (unpaired) electrons. The van der Waals surface area contributed by atoms with E-state index in [9.17, 15) is 4.79 Å². The fourth-order valence-electron chi connectivity index (χ4n) is 0.790. The summed E-state index contributed by atoms with van der Waals surface area (Å²) in [5, 5.41) is 16.7. The van der Waals surface area contributed by atoms with Crippen LogP contribution >= 0.6 is 12.4 Å². The SMILES string of the molecule is CC1(C(=O)O)CC1C#N.Cl. The van der Waals surface area contributed by atoms with Gasteiger partial charge in [0.25, 0.3) is 0 Å². The van der Waals surface area contributed by atoms with Crippen LogP contribution in [0, 0.1) is 22.7 Å². The second-order valence-corrected chi connectivity index (χ2v) is 2.61. The number of carboxylic acids is 1. The molecule has 1 rings (SSSR count). The van der Waals surface area contributed by atoms with Gasteiger partial charge in [-0.05, 0) is 13.3 Å². The topological polar surface area (TPSA) is 61.1 Å². The first-order valence-corrected chi connectivity index (χ1v) is 2.74. The molecule has 2 unspecified atom stereocenters. The predicted molar refractivity (Wildman–Crippen MR) is 36.7 cm³/mol. The highest BCUT2D eigenvalue weighted by atomic mass is 35.5. The zero-order chi connectivity index (χ0) is 7.07. The minimum absolute atomic E-state index is 0. The summed E-state index contributed by atoms with van der Waals surface area (Å²) in [4.78, 5) is 10.3. The molecule has 0 aromatic rings. The van der Waals surface area contributed by atoms with Gasteiger partial charge in [-0.2, -0.15) is 5.26 Å². The van der Waals surface area contributed by atoms with Gasteiger partial charge in [-0.3, -0.25) is 4.79 Å². The monoisotopic (exact) mass is 161 g/mol. The van der Waals surface area contributed by atoms with Crippen LogP contribution < -0.4 is 0 Å². The van der Waals surface area contributed by atoms with Gasteiger partial charge in [0, 0.05) is 0 Å². The molecule has 0 spiro atoms. The normalized spacial score (nSPS) is 35.4. The summed E-state index contributed by atoms with van der Waals surface area (Å²) >= 11 is 0. The van der Waals surface area contributed by atoms with Crippen molar-refractivity contribution >= 4 is 18.4 Å². The lowest BCUT2D eigenvalue weighted by molar-refractivity contribution is -0.142. The zero-order valence-electron chi connectivity index (χ0n) is 5.50. The number of nitrogens with zero attached hydrogens (tertiary/aromatic N) is 1. The fraction of sp³-hybridized carbons (Fsp3) is 0.667. The smallest absolute Gasteiger partial charge is 0.310 e. The van der Waals surface area contributed by atoms with E-state index in [0.29, 0.717) is 6.42 Å². The van der Waals surface area contributed by atoms with E-state index in [-0.39, 0.29) is 18.3 Å². The Labute approximate surface area is 65.1 Å². The van der Waals surface area contributed by atoms with Gasteiger partial charge in [0.15, 0.2) is 0 Å². The molecule has 0 aliphatic heterocycles. The third kappa shape index (κ3) is 1.07. The molecule has 3 nitrogen and oxygen atoms in total. The van der Waals surface area contributed by atoms with E-state index in [2.05, 4.69) is 0 Å². The molecule has 4 heteroatoms. The number of carboxylic acid groups (broad SMARTS) is 1. The Bertz CT molecular complexity index is 198. The lowest BCUT2D eigenvalue weighted by Gasteiger charge is -1.96. The maximum absolute atomic E-state index is 10.3. The molecule has 0 aromatic heterocycles. The number of hydrogen-bond donors (Lipinski definition) is 1. The molecule has 1 aliphatic carbocycles. The number of nitriles is 1. The Morgan fingerprint density at radius 1 is 1.90 bits per heavy atom. The van der Waals surface area contributed by atoms with Crippen molar-refractivity contribution in [3.63, 3.8) is 0 Å². The molecule has 10 heavy (non-hydrogen) atoms. The molecule has 1 aliphatic rings. The maximum Gasteiger partial charge on any atom is 0.310 e. The van der Waals surface area contributed by atoms with Crippen molar-refractivity contribution in [2.24, 2.45) is 11.3 Å². The highest BCUT2D eigenvalue weighted by Gasteiger charge is 2.57. The lowest BCUT2D eigenvalue weighted by Crippen LogP contribution is -2.12. The van der Waals surface area contributed by atoms with Gasteiger partial charge >= 0.3 is 5.97 Å². The van der Waals surface area contributed by atoms with Crippen molar-refractivity contribution in [3.8, 4) is 6.07 Å². The summed E-state index contributed by atoms with van der Waals surface area (Å²) in [5.74, 6) is -1.11. The van der Waals surface area contributed by atoms with Crippen LogP contribution in [0.5, 0.6) is 0 Å². The van der Waals surface area contributed by atoms with Crippen LogP contribution in [0.4, 0.5) is 0 Å². The molecule has 0 amide bonds. The summed E-state index contributed by atoms with van der Waals surface area (Å²) in [6, 6.07) is 1.93. The number of hydrogen-bond acceptors (Lipinski definition) is 2. The van der Waals surface area contributed by atoms with Crippen LogP contribution in [0.1, 0.15) is 13.3 Å². The van der Waals surface area contributed by atoms with E-state index >= 15 is 0 Å². The highest BCUT2D eigenvalue weighted by molar-refractivity contribution is 5.85. The first-order valence-electron chi connectivity index (χ1n) is 2.74. The van der Waals surface area contributed by atoms with E-state index < -0.39 is 11.4 Å². The van der Waals surface area contributed by atoms with Crippen LogP contribution in [-0.4, -0.2) is 11.1 Å². The molecule has 1 N–H and O–H groups in total. The summed E-state index contributed by atoms with van der Waals surface area (Å²) in [6.07, 6.45) is 0.513. The van der Waals surface area contributed by atoms with Crippen molar-refractivity contribution in [1.82, 2.24) is 0 Å². The maximum atomic E-state index is 10.3. The first-order chi connectivity index (χ1) is 4.11. The van der Waals surface area contributed by atoms with Gasteiger partial charge in [0.2, 0.25) is 0 Å². The fourth-order valence-corrected chi connectivity index (χ4v) is 0.790. The van der Waals surface area contributed by atoms with Crippen LogP contribution in [0.15, 0.2) is 0 Å². The minimum Gasteiger partial charge on any atom is -0.481 e. The van der Waals surface area contributed by atoms with Crippen LogP contribution in [0.25, 0.3) is 0 Å². The van der Waals surface area contributed by atoms with Gasteiger partial charge in [-0.15, -0.1) is 12.4 Å². The quantitative estimate of drug-likeness (QED) is 0.625. The molecular weight excluding hydrogens is 154 g/mol. The molecule has 56 valence electrons. The Balaban J connectivity index is 0.000000810. The van der Waals surface area contributed by atoms with Crippen LogP contribution in [-0.2, 0) is 4.79 Å². The van der Waals surface area contributed by atoms with Gasteiger partial charge in [-0.25, -0.2) is 0 Å². The minimum atomic E-state index is -0.853. The molecule has 2 atom stereocenters. The van der Waals surface area contributed by atoms with Crippen LogP contribution in [0.3, 0.4) is 0 Å². The summed E-state index contributed by atoms with van der Waals surface area (Å²) < 4.78 is 0. The third-order valence-electron chi connectivity index (χ3n) is 1.88. The molecule has 1 saturated carbocycles. The van der Waals surface area contributed by atoms with Gasteiger partial charge in [-0.1, -0.05) is 0 Å². The summed E-state index contributed by atoms with van der Waals surface area (Å²) in [7, 11) is 0. The Kier molecular flexibility index (Phi) is 2.28. The standard InChI is InChI=1S/C6H7NO2.ClH/c1-6(5(8)9)2-4(6)3-7;/h4H,2H2,1H3,(H,8,9);1H. The predicted octanol–water partition coefficient (Wildman–Crippen LogP) is 1.04. The number of carbonyl (C=O) groups is 1. The molecule has 1 fully saturated rings. The van der Waals surface area contributed by atoms with Gasteiger partial charge in [0.05, 0.1) is 17.4 Å². The summed E-state index contributed by atoms with van der Waals surface area (Å²) in [6.45, 7) is 1.60. The average Bonchev–Trinajstić information content (AvgIpc) is 2.44. The number of rotatable bonds is 1. The lowest BCUT2D eigenvalue weighted by atomic mass is 10.1. The highest BCUT2D eigenvalue weighted by Crippen LogP contribution is 2.51.